The van der Waals surface area contributed by atoms with E-state index in [0.717, 1.165) is 17.0 Å². The summed E-state index contributed by atoms with van der Waals surface area (Å²) < 4.78 is 0. The van der Waals surface area contributed by atoms with Crippen LogP contribution in [-0.4, -0.2) is 0 Å². The summed E-state index contributed by atoms with van der Waals surface area (Å²) in [6, 6.07) is 27.2. The van der Waals surface area contributed by atoms with Gasteiger partial charge in [0, 0.05) is 12.7 Å². The van der Waals surface area contributed by atoms with Gasteiger partial charge in [-0.25, -0.2) is 0 Å². The Hall–Kier alpha value is -2.84. The van der Waals surface area contributed by atoms with E-state index in [9.17, 15) is 0 Å². The van der Waals surface area contributed by atoms with Crippen LogP contribution in [0.25, 0.3) is 23.9 Å². The molecule has 0 aliphatic heterocycles. The molecule has 0 aliphatic carbocycles. The molecule has 0 saturated heterocycles. The summed E-state index contributed by atoms with van der Waals surface area (Å²) >= 11 is 1.66. The van der Waals surface area contributed by atoms with E-state index in [2.05, 4.69) is 71.9 Å². The normalized spacial score (nSPS) is 11.0. The minimum absolute atomic E-state index is 0.787. The summed E-state index contributed by atoms with van der Waals surface area (Å²) in [5.74, 6) is 0. The Morgan fingerprint density at radius 2 is 1.48 bits per heavy atom. The highest BCUT2D eigenvalue weighted by Gasteiger charge is 1.96. The third-order valence-corrected chi connectivity index (χ3v) is 4.49. The van der Waals surface area contributed by atoms with Gasteiger partial charge in [0.2, 0.25) is 0 Å². The van der Waals surface area contributed by atoms with Crippen molar-refractivity contribution in [1.29, 1.82) is 0 Å². The van der Waals surface area contributed by atoms with Crippen LogP contribution in [0.2, 0.25) is 0 Å². The lowest BCUT2D eigenvalue weighted by Crippen LogP contribution is -2.24. The first-order valence-corrected chi connectivity index (χ1v) is 9.19. The third-order valence-electron chi connectivity index (χ3n) is 3.89. The first kappa shape index (κ1) is 17.0. The number of rotatable bonds is 4. The molecule has 0 saturated carbocycles. The maximum atomic E-state index is 4.12. The highest BCUT2D eigenvalue weighted by molar-refractivity contribution is 7.07. The predicted octanol–water partition coefficient (Wildman–Crippen LogP) is 4.48. The molecule has 0 atom stereocenters. The van der Waals surface area contributed by atoms with Crippen LogP contribution < -0.4 is 15.8 Å². The molecule has 0 fully saturated rings. The summed E-state index contributed by atoms with van der Waals surface area (Å²) in [6.45, 7) is 4.91. The second-order valence-electron chi connectivity index (χ2n) is 5.70. The molecule has 1 heterocycles. The first-order valence-electron chi connectivity index (χ1n) is 8.25. The predicted molar refractivity (Wildman–Crippen MR) is 110 cm³/mol. The fourth-order valence-corrected chi connectivity index (χ4v) is 2.99. The Labute approximate surface area is 152 Å². The quantitative estimate of drug-likeness (QED) is 0.736. The summed E-state index contributed by atoms with van der Waals surface area (Å²) in [7, 11) is 0. The Morgan fingerprint density at radius 1 is 0.760 bits per heavy atom. The SMILES string of the molecule is C=c1ccccscc/c1=C/NCc1ccc(-c2ccccc2)cc1. The van der Waals surface area contributed by atoms with Crippen molar-refractivity contribution < 1.29 is 0 Å². The van der Waals surface area contributed by atoms with E-state index in [4.69, 9.17) is 0 Å². The van der Waals surface area contributed by atoms with Gasteiger partial charge in [-0.3, -0.25) is 0 Å². The van der Waals surface area contributed by atoms with E-state index >= 15 is 0 Å². The zero-order valence-electron chi connectivity index (χ0n) is 14.1. The largest absolute Gasteiger partial charge is 0.386 e. The lowest BCUT2D eigenvalue weighted by atomic mass is 10.0. The molecule has 1 nitrogen and oxygen atoms in total. The molecule has 25 heavy (non-hydrogen) atoms. The molecule has 2 aromatic carbocycles. The topological polar surface area (TPSA) is 12.0 Å². The zero-order chi connectivity index (χ0) is 17.3. The molecule has 0 aliphatic rings. The van der Waals surface area contributed by atoms with Gasteiger partial charge in [-0.15, -0.1) is 0 Å². The molecular weight excluding hydrogens is 322 g/mol. The van der Waals surface area contributed by atoms with Gasteiger partial charge in [0.15, 0.2) is 0 Å². The number of hydrogen-bond acceptors (Lipinski definition) is 2. The van der Waals surface area contributed by atoms with Gasteiger partial charge in [-0.05, 0) is 44.0 Å². The lowest BCUT2D eigenvalue weighted by Gasteiger charge is -2.05. The molecule has 0 bridgehead atoms. The molecule has 0 amide bonds. The van der Waals surface area contributed by atoms with Gasteiger partial charge in [-0.2, -0.15) is 11.3 Å². The smallest absolute Gasteiger partial charge is 0.0395 e. The summed E-state index contributed by atoms with van der Waals surface area (Å²) in [6.07, 6.45) is 2.03. The third kappa shape index (κ3) is 5.07. The Kier molecular flexibility index (Phi) is 6.02. The molecule has 3 aromatic rings. The lowest BCUT2D eigenvalue weighted by molar-refractivity contribution is 0.911. The second-order valence-corrected chi connectivity index (χ2v) is 6.51. The molecule has 124 valence electrons. The summed E-state index contributed by atoms with van der Waals surface area (Å²) in [5.41, 5.74) is 3.74. The van der Waals surface area contributed by atoms with Gasteiger partial charge in [-0.1, -0.05) is 79.4 Å². The molecule has 0 radical (unpaired) electrons. The van der Waals surface area contributed by atoms with Crippen molar-refractivity contribution in [3.63, 3.8) is 0 Å². The van der Waals surface area contributed by atoms with Crippen molar-refractivity contribution in [2.75, 3.05) is 0 Å². The summed E-state index contributed by atoms with van der Waals surface area (Å²) in [4.78, 5) is 0. The molecule has 2 heteroatoms. The highest BCUT2D eigenvalue weighted by Crippen LogP contribution is 2.19. The molecule has 0 unspecified atom stereocenters. The van der Waals surface area contributed by atoms with Crippen molar-refractivity contribution in [2.24, 2.45) is 0 Å². The van der Waals surface area contributed by atoms with E-state index in [1.165, 1.54) is 16.7 Å². The van der Waals surface area contributed by atoms with Crippen LogP contribution in [-0.2, 0) is 6.54 Å². The van der Waals surface area contributed by atoms with Crippen LogP contribution in [0.4, 0.5) is 0 Å². The van der Waals surface area contributed by atoms with E-state index < -0.39 is 0 Å². The standard InChI is InChI=1S/C23H21NS/c1-19-7-5-6-15-25-16-14-23(19)18-24-17-20-10-12-22(13-11-20)21-8-3-2-4-9-21/h2-16,18,24H,1,17H2/b7-5?,15-6?,16-14?,23-18-. The number of benzene rings is 2. The molecule has 3 rings (SSSR count). The monoisotopic (exact) mass is 343 g/mol. The average molecular weight is 343 g/mol. The van der Waals surface area contributed by atoms with Gasteiger partial charge in [0.05, 0.1) is 0 Å². The Bertz CT molecular complexity index is 955. The maximum Gasteiger partial charge on any atom is 0.0395 e. The fourth-order valence-electron chi connectivity index (χ4n) is 2.49. The van der Waals surface area contributed by atoms with Crippen molar-refractivity contribution in [3.8, 4) is 11.1 Å². The van der Waals surface area contributed by atoms with Crippen molar-refractivity contribution in [2.45, 2.75) is 6.54 Å². The van der Waals surface area contributed by atoms with Gasteiger partial charge >= 0.3 is 0 Å². The van der Waals surface area contributed by atoms with Crippen molar-refractivity contribution in [3.05, 3.63) is 106 Å². The molecule has 1 N–H and O–H groups in total. The van der Waals surface area contributed by atoms with Crippen molar-refractivity contribution in [1.82, 2.24) is 5.32 Å². The van der Waals surface area contributed by atoms with Crippen LogP contribution in [0.5, 0.6) is 0 Å². The second kappa shape index (κ2) is 8.86. The van der Waals surface area contributed by atoms with Crippen LogP contribution in [0, 0.1) is 0 Å². The maximum absolute atomic E-state index is 4.12. The zero-order valence-corrected chi connectivity index (χ0v) is 14.9. The van der Waals surface area contributed by atoms with E-state index in [-0.39, 0.29) is 0 Å². The van der Waals surface area contributed by atoms with E-state index in [0.29, 0.717) is 0 Å². The fraction of sp³-hybridized carbons (Fsp3) is 0.0435. The van der Waals surface area contributed by atoms with Crippen molar-refractivity contribution >= 4 is 24.1 Å². The molecular formula is C23H21NS. The van der Waals surface area contributed by atoms with Crippen LogP contribution in [0.1, 0.15) is 5.56 Å². The number of hydrogen-bond donors (Lipinski definition) is 1. The van der Waals surface area contributed by atoms with Crippen LogP contribution in [0.15, 0.2) is 89.6 Å². The average Bonchev–Trinajstić information content (AvgIpc) is 2.76. The van der Waals surface area contributed by atoms with Crippen LogP contribution >= 0.6 is 11.3 Å². The minimum atomic E-state index is 0.787. The Morgan fingerprint density at radius 3 is 2.28 bits per heavy atom. The van der Waals surface area contributed by atoms with E-state index in [1.54, 1.807) is 11.3 Å². The summed E-state index contributed by atoms with van der Waals surface area (Å²) in [5, 5.41) is 9.59. The first-order chi connectivity index (χ1) is 12.3. The van der Waals surface area contributed by atoms with Gasteiger partial charge in [0.1, 0.15) is 0 Å². The minimum Gasteiger partial charge on any atom is -0.386 e. The number of nitrogens with one attached hydrogen (secondary N) is 1. The van der Waals surface area contributed by atoms with Crippen LogP contribution in [0.3, 0.4) is 0 Å². The van der Waals surface area contributed by atoms with Gasteiger partial charge < -0.3 is 5.32 Å². The van der Waals surface area contributed by atoms with E-state index in [1.807, 2.05) is 35.8 Å². The molecule has 0 spiro atoms. The molecule has 1 aromatic heterocycles. The van der Waals surface area contributed by atoms with Gasteiger partial charge in [0.25, 0.3) is 0 Å². The highest BCUT2D eigenvalue weighted by atomic mass is 32.1. The Balaban J connectivity index is 1.73.